The van der Waals surface area contributed by atoms with Gasteiger partial charge in [0.05, 0.1) is 5.69 Å². The van der Waals surface area contributed by atoms with Crippen LogP contribution in [0.25, 0.3) is 11.0 Å². The molecule has 0 spiro atoms. The van der Waals surface area contributed by atoms with Crippen molar-refractivity contribution >= 4 is 22.8 Å². The van der Waals surface area contributed by atoms with Crippen molar-refractivity contribution in [3.8, 4) is 0 Å². The van der Waals surface area contributed by atoms with E-state index in [4.69, 9.17) is 0 Å². The molecule has 0 saturated carbocycles. The number of carboxylic acids is 1. The number of hydrogen-bond acceptors (Lipinski definition) is 5. The second-order valence-electron chi connectivity index (χ2n) is 4.20. The molecule has 1 N–H and O–H groups in total. The zero-order valence-electron chi connectivity index (χ0n) is 10.8. The first-order chi connectivity index (χ1) is 8.47. The Morgan fingerprint density at radius 2 is 2.11 bits per heavy atom. The Kier molecular flexibility index (Phi) is 2.90. The van der Waals surface area contributed by atoms with E-state index in [0.29, 0.717) is 29.1 Å². The standard InChI is InChI=1S/C11H15N5O2/c1-5-16-9-7(11(17)18)6(2)12-10(15(3)4)8(9)13-14-16/h5H2,1-4H3,(H,17,18). The van der Waals surface area contributed by atoms with Crippen LogP contribution in [0.4, 0.5) is 5.82 Å². The van der Waals surface area contributed by atoms with Crippen molar-refractivity contribution < 1.29 is 9.90 Å². The highest BCUT2D eigenvalue weighted by molar-refractivity contribution is 6.04. The number of carbonyl (C=O) groups is 1. The lowest BCUT2D eigenvalue weighted by Gasteiger charge is -2.14. The SMILES string of the molecule is CCn1nnc2c(N(C)C)nc(C)c(C(=O)O)c21. The minimum atomic E-state index is -1.01. The topological polar surface area (TPSA) is 84.1 Å². The highest BCUT2D eigenvalue weighted by atomic mass is 16.4. The van der Waals surface area contributed by atoms with Gasteiger partial charge in [0.25, 0.3) is 0 Å². The van der Waals surface area contributed by atoms with E-state index in [1.807, 2.05) is 21.0 Å². The van der Waals surface area contributed by atoms with Crippen molar-refractivity contribution in [2.45, 2.75) is 20.4 Å². The number of rotatable bonds is 3. The van der Waals surface area contributed by atoms with Gasteiger partial charge >= 0.3 is 5.97 Å². The molecular formula is C11H15N5O2. The predicted octanol–water partition coefficient (Wildman–Crippen LogP) is 0.919. The van der Waals surface area contributed by atoms with Gasteiger partial charge in [0, 0.05) is 20.6 Å². The molecule has 7 heteroatoms. The molecule has 0 aliphatic rings. The van der Waals surface area contributed by atoms with E-state index in [1.165, 1.54) is 0 Å². The van der Waals surface area contributed by atoms with E-state index in [0.717, 1.165) is 0 Å². The number of nitrogens with zero attached hydrogens (tertiary/aromatic N) is 5. The smallest absolute Gasteiger partial charge is 0.339 e. The molecule has 0 aliphatic carbocycles. The van der Waals surface area contributed by atoms with Crippen molar-refractivity contribution in [2.75, 3.05) is 19.0 Å². The number of aromatic carboxylic acids is 1. The summed E-state index contributed by atoms with van der Waals surface area (Å²) < 4.78 is 1.58. The molecule has 7 nitrogen and oxygen atoms in total. The zero-order chi connectivity index (χ0) is 13.4. The van der Waals surface area contributed by atoms with Gasteiger partial charge in [-0.1, -0.05) is 5.21 Å². The van der Waals surface area contributed by atoms with E-state index in [9.17, 15) is 9.90 Å². The van der Waals surface area contributed by atoms with Gasteiger partial charge in [0.15, 0.2) is 11.3 Å². The van der Waals surface area contributed by atoms with Crippen molar-refractivity contribution in [1.29, 1.82) is 0 Å². The van der Waals surface area contributed by atoms with Crippen LogP contribution in [-0.2, 0) is 6.54 Å². The summed E-state index contributed by atoms with van der Waals surface area (Å²) in [5.74, 6) is -0.375. The van der Waals surface area contributed by atoms with Crippen molar-refractivity contribution in [2.24, 2.45) is 0 Å². The maximum absolute atomic E-state index is 11.4. The average molecular weight is 249 g/mol. The van der Waals surface area contributed by atoms with Crippen molar-refractivity contribution in [3.05, 3.63) is 11.3 Å². The molecule has 2 aromatic heterocycles. The number of pyridine rings is 1. The van der Waals surface area contributed by atoms with Crippen LogP contribution in [0.3, 0.4) is 0 Å². The Morgan fingerprint density at radius 3 is 2.61 bits per heavy atom. The molecule has 0 atom stereocenters. The Morgan fingerprint density at radius 1 is 1.44 bits per heavy atom. The Balaban J connectivity index is 2.93. The van der Waals surface area contributed by atoms with Gasteiger partial charge in [-0.25, -0.2) is 14.5 Å². The van der Waals surface area contributed by atoms with Crippen LogP contribution in [0.1, 0.15) is 23.0 Å². The van der Waals surface area contributed by atoms with Gasteiger partial charge < -0.3 is 10.0 Å². The largest absolute Gasteiger partial charge is 0.478 e. The third-order valence-corrected chi connectivity index (χ3v) is 2.76. The van der Waals surface area contributed by atoms with Gasteiger partial charge in [-0.3, -0.25) is 0 Å². The van der Waals surface area contributed by atoms with Crippen LogP contribution in [0.15, 0.2) is 0 Å². The first kappa shape index (κ1) is 12.3. The van der Waals surface area contributed by atoms with Crippen molar-refractivity contribution in [3.63, 3.8) is 0 Å². The Bertz CT molecular complexity index is 617. The maximum Gasteiger partial charge on any atom is 0.339 e. The molecule has 2 rings (SSSR count). The summed E-state index contributed by atoms with van der Waals surface area (Å²) in [5.41, 5.74) is 1.68. The fourth-order valence-corrected chi connectivity index (χ4v) is 1.94. The zero-order valence-corrected chi connectivity index (χ0v) is 10.8. The number of carboxylic acid groups (broad SMARTS) is 1. The fraction of sp³-hybridized carbons (Fsp3) is 0.455. The summed E-state index contributed by atoms with van der Waals surface area (Å²) in [6, 6.07) is 0. The highest BCUT2D eigenvalue weighted by Crippen LogP contribution is 2.26. The second kappa shape index (κ2) is 4.25. The number of aromatic nitrogens is 4. The lowest BCUT2D eigenvalue weighted by atomic mass is 10.1. The number of aryl methyl sites for hydroxylation is 2. The molecule has 0 aliphatic heterocycles. The van der Waals surface area contributed by atoms with Crippen LogP contribution in [0, 0.1) is 6.92 Å². The normalized spacial score (nSPS) is 10.9. The summed E-state index contributed by atoms with van der Waals surface area (Å²) in [6.07, 6.45) is 0. The molecule has 2 heterocycles. The van der Waals surface area contributed by atoms with E-state index < -0.39 is 5.97 Å². The molecule has 2 aromatic rings. The minimum absolute atomic E-state index is 0.169. The fourth-order valence-electron chi connectivity index (χ4n) is 1.94. The Hall–Kier alpha value is -2.18. The summed E-state index contributed by atoms with van der Waals surface area (Å²) in [4.78, 5) is 17.5. The van der Waals surface area contributed by atoms with Gasteiger partial charge in [0.2, 0.25) is 0 Å². The number of fused-ring (bicyclic) bond motifs is 1. The molecule has 0 unspecified atom stereocenters. The summed E-state index contributed by atoms with van der Waals surface area (Å²) in [7, 11) is 3.68. The summed E-state index contributed by atoms with van der Waals surface area (Å²) >= 11 is 0. The molecule has 0 aromatic carbocycles. The molecule has 0 fully saturated rings. The van der Waals surface area contributed by atoms with Gasteiger partial charge in [-0.05, 0) is 13.8 Å². The highest BCUT2D eigenvalue weighted by Gasteiger charge is 2.22. The molecule has 0 bridgehead atoms. The summed E-state index contributed by atoms with van der Waals surface area (Å²) in [6.45, 7) is 4.14. The molecule has 96 valence electrons. The van der Waals surface area contributed by atoms with Gasteiger partial charge in [-0.15, -0.1) is 5.10 Å². The third-order valence-electron chi connectivity index (χ3n) is 2.76. The average Bonchev–Trinajstić information content (AvgIpc) is 2.70. The van der Waals surface area contributed by atoms with Crippen LogP contribution in [0.5, 0.6) is 0 Å². The van der Waals surface area contributed by atoms with E-state index in [-0.39, 0.29) is 5.56 Å². The summed E-state index contributed by atoms with van der Waals surface area (Å²) in [5, 5.41) is 17.3. The molecule has 0 saturated heterocycles. The van der Waals surface area contributed by atoms with E-state index >= 15 is 0 Å². The lowest BCUT2D eigenvalue weighted by Crippen LogP contribution is -2.15. The minimum Gasteiger partial charge on any atom is -0.478 e. The van der Waals surface area contributed by atoms with Gasteiger partial charge in [-0.2, -0.15) is 0 Å². The second-order valence-corrected chi connectivity index (χ2v) is 4.20. The van der Waals surface area contributed by atoms with Crippen LogP contribution < -0.4 is 4.90 Å². The number of anilines is 1. The van der Waals surface area contributed by atoms with E-state index in [2.05, 4.69) is 15.3 Å². The molecule has 18 heavy (non-hydrogen) atoms. The predicted molar refractivity (Wildman–Crippen MR) is 67.0 cm³/mol. The van der Waals surface area contributed by atoms with Crippen LogP contribution in [-0.4, -0.2) is 45.1 Å². The molecule has 0 amide bonds. The van der Waals surface area contributed by atoms with E-state index in [1.54, 1.807) is 16.5 Å². The maximum atomic E-state index is 11.4. The van der Waals surface area contributed by atoms with Crippen LogP contribution >= 0.6 is 0 Å². The van der Waals surface area contributed by atoms with Crippen molar-refractivity contribution in [1.82, 2.24) is 20.0 Å². The first-order valence-electron chi connectivity index (χ1n) is 5.61. The first-order valence-corrected chi connectivity index (χ1v) is 5.61. The Labute approximate surface area is 104 Å². The third kappa shape index (κ3) is 1.68. The molecular weight excluding hydrogens is 234 g/mol. The lowest BCUT2D eigenvalue weighted by molar-refractivity contribution is 0.0697. The number of hydrogen-bond donors (Lipinski definition) is 1. The monoisotopic (exact) mass is 249 g/mol. The quantitative estimate of drug-likeness (QED) is 0.870. The van der Waals surface area contributed by atoms with Gasteiger partial charge in [0.1, 0.15) is 11.1 Å². The van der Waals surface area contributed by atoms with Crippen LogP contribution in [0.2, 0.25) is 0 Å². The molecule has 0 radical (unpaired) electrons.